The summed E-state index contributed by atoms with van der Waals surface area (Å²) in [5, 5.41) is 0. The summed E-state index contributed by atoms with van der Waals surface area (Å²) >= 11 is 0. The molecule has 20 heavy (non-hydrogen) atoms. The number of hydrogen-bond acceptors (Lipinski definition) is 3. The van der Waals surface area contributed by atoms with Gasteiger partial charge in [-0.1, -0.05) is 60.7 Å². The molecule has 0 fully saturated rings. The van der Waals surface area contributed by atoms with E-state index in [1.807, 2.05) is 12.1 Å². The molecular weight excluding hydrogens is 250 g/mol. The summed E-state index contributed by atoms with van der Waals surface area (Å²) in [6.45, 7) is 3.75. The SMILES string of the molecule is CCOC(=O)C(C)N.c1ccc(-c2ccccc2)cc1. The van der Waals surface area contributed by atoms with E-state index in [2.05, 4.69) is 53.3 Å². The number of ether oxygens (including phenoxy) is 1. The zero-order chi connectivity index (χ0) is 14.8. The lowest BCUT2D eigenvalue weighted by molar-refractivity contribution is -0.144. The second-order valence-electron chi connectivity index (χ2n) is 4.27. The molecule has 0 aliphatic rings. The van der Waals surface area contributed by atoms with Crippen LogP contribution in [-0.2, 0) is 9.53 Å². The third kappa shape index (κ3) is 5.67. The van der Waals surface area contributed by atoms with Crippen molar-refractivity contribution < 1.29 is 9.53 Å². The molecule has 0 aromatic heterocycles. The third-order valence-corrected chi connectivity index (χ3v) is 2.54. The molecule has 2 aromatic carbocycles. The molecule has 2 N–H and O–H groups in total. The molecule has 2 rings (SSSR count). The van der Waals surface area contributed by atoms with E-state index in [9.17, 15) is 4.79 Å². The van der Waals surface area contributed by atoms with Gasteiger partial charge in [0, 0.05) is 0 Å². The molecule has 3 heteroatoms. The maximum Gasteiger partial charge on any atom is 0.322 e. The van der Waals surface area contributed by atoms with Crippen LogP contribution in [0.15, 0.2) is 60.7 Å². The minimum absolute atomic E-state index is 0.340. The van der Waals surface area contributed by atoms with Crippen LogP contribution in [0.1, 0.15) is 13.8 Å². The summed E-state index contributed by atoms with van der Waals surface area (Å²) in [6, 6.07) is 20.3. The Kier molecular flexibility index (Phi) is 7.07. The summed E-state index contributed by atoms with van der Waals surface area (Å²) in [5.41, 5.74) is 7.70. The number of hydrogen-bond donors (Lipinski definition) is 1. The highest BCUT2D eigenvalue weighted by atomic mass is 16.5. The van der Waals surface area contributed by atoms with Crippen molar-refractivity contribution in [3.05, 3.63) is 60.7 Å². The standard InChI is InChI=1S/C12H10.C5H11NO2/c1-3-7-11(8-4-1)12-9-5-2-6-10-12;1-3-8-5(7)4(2)6/h1-10H;4H,3,6H2,1-2H3. The van der Waals surface area contributed by atoms with Crippen LogP contribution in [-0.4, -0.2) is 18.6 Å². The first-order chi connectivity index (χ1) is 9.65. The average molecular weight is 271 g/mol. The Balaban J connectivity index is 0.000000221. The zero-order valence-electron chi connectivity index (χ0n) is 12.0. The van der Waals surface area contributed by atoms with Gasteiger partial charge in [-0.25, -0.2) is 0 Å². The number of rotatable bonds is 3. The van der Waals surface area contributed by atoms with Crippen LogP contribution in [0.5, 0.6) is 0 Å². The fraction of sp³-hybridized carbons (Fsp3) is 0.235. The third-order valence-electron chi connectivity index (χ3n) is 2.54. The predicted octanol–water partition coefficient (Wildman–Crippen LogP) is 3.25. The van der Waals surface area contributed by atoms with Crippen LogP contribution in [0, 0.1) is 0 Å². The fourth-order valence-corrected chi connectivity index (χ4v) is 1.53. The smallest absolute Gasteiger partial charge is 0.322 e. The van der Waals surface area contributed by atoms with Gasteiger partial charge in [0.2, 0.25) is 0 Å². The van der Waals surface area contributed by atoms with Gasteiger partial charge in [-0.15, -0.1) is 0 Å². The molecule has 1 atom stereocenters. The van der Waals surface area contributed by atoms with E-state index in [1.165, 1.54) is 11.1 Å². The lowest BCUT2D eigenvalue weighted by atomic mass is 10.1. The first-order valence-corrected chi connectivity index (χ1v) is 6.67. The van der Waals surface area contributed by atoms with Crippen LogP contribution >= 0.6 is 0 Å². The Morgan fingerprint density at radius 2 is 1.40 bits per heavy atom. The Labute approximate surface area is 120 Å². The zero-order valence-corrected chi connectivity index (χ0v) is 12.0. The van der Waals surface area contributed by atoms with E-state index < -0.39 is 6.04 Å². The Hall–Kier alpha value is -2.13. The number of carbonyl (C=O) groups excluding carboxylic acids is 1. The maximum absolute atomic E-state index is 10.4. The van der Waals surface area contributed by atoms with Gasteiger partial charge >= 0.3 is 5.97 Å². The Morgan fingerprint density at radius 3 is 1.65 bits per heavy atom. The predicted molar refractivity (Wildman–Crippen MR) is 82.2 cm³/mol. The largest absolute Gasteiger partial charge is 0.465 e. The quantitative estimate of drug-likeness (QED) is 0.872. The van der Waals surface area contributed by atoms with Crippen molar-refractivity contribution >= 4 is 5.97 Å². The molecule has 0 bridgehead atoms. The first-order valence-electron chi connectivity index (χ1n) is 6.67. The van der Waals surface area contributed by atoms with E-state index >= 15 is 0 Å². The molecule has 0 saturated heterocycles. The lowest BCUT2D eigenvalue weighted by Crippen LogP contribution is -2.28. The van der Waals surface area contributed by atoms with Crippen molar-refractivity contribution in [2.24, 2.45) is 5.73 Å². The summed E-state index contributed by atoms with van der Waals surface area (Å²) in [7, 11) is 0. The van der Waals surface area contributed by atoms with E-state index in [4.69, 9.17) is 5.73 Å². The van der Waals surface area contributed by atoms with Crippen molar-refractivity contribution in [2.45, 2.75) is 19.9 Å². The highest BCUT2D eigenvalue weighted by molar-refractivity contribution is 5.74. The number of carbonyl (C=O) groups is 1. The van der Waals surface area contributed by atoms with Crippen LogP contribution in [0.3, 0.4) is 0 Å². The van der Waals surface area contributed by atoms with Gasteiger partial charge in [-0.3, -0.25) is 4.79 Å². The molecule has 0 saturated carbocycles. The van der Waals surface area contributed by atoms with E-state index in [0.717, 1.165) is 0 Å². The molecule has 1 unspecified atom stereocenters. The van der Waals surface area contributed by atoms with Crippen molar-refractivity contribution in [1.29, 1.82) is 0 Å². The average Bonchev–Trinajstić information content (AvgIpc) is 2.50. The fourth-order valence-electron chi connectivity index (χ4n) is 1.53. The Bertz CT molecular complexity index is 457. The summed E-state index contributed by atoms with van der Waals surface area (Å²) in [6.07, 6.45) is 0. The second kappa shape index (κ2) is 8.88. The molecule has 3 nitrogen and oxygen atoms in total. The summed E-state index contributed by atoms with van der Waals surface area (Å²) in [5.74, 6) is -0.340. The monoisotopic (exact) mass is 271 g/mol. The van der Waals surface area contributed by atoms with Crippen LogP contribution < -0.4 is 5.73 Å². The topological polar surface area (TPSA) is 52.3 Å². The molecular formula is C17H21NO2. The van der Waals surface area contributed by atoms with E-state index in [0.29, 0.717) is 6.61 Å². The highest BCUT2D eigenvalue weighted by Crippen LogP contribution is 2.17. The molecule has 0 spiro atoms. The first kappa shape index (κ1) is 15.9. The van der Waals surface area contributed by atoms with Gasteiger partial charge in [0.25, 0.3) is 0 Å². The highest BCUT2D eigenvalue weighted by Gasteiger charge is 2.05. The van der Waals surface area contributed by atoms with Gasteiger partial charge < -0.3 is 10.5 Å². The number of esters is 1. The van der Waals surface area contributed by atoms with Crippen LogP contribution in [0.2, 0.25) is 0 Å². The van der Waals surface area contributed by atoms with E-state index in [1.54, 1.807) is 13.8 Å². The maximum atomic E-state index is 10.4. The van der Waals surface area contributed by atoms with Crippen LogP contribution in [0.25, 0.3) is 11.1 Å². The number of benzene rings is 2. The van der Waals surface area contributed by atoms with Crippen molar-refractivity contribution in [3.8, 4) is 11.1 Å². The van der Waals surface area contributed by atoms with Crippen LogP contribution in [0.4, 0.5) is 0 Å². The minimum Gasteiger partial charge on any atom is -0.465 e. The molecule has 106 valence electrons. The lowest BCUT2D eigenvalue weighted by Gasteiger charge is -2.02. The van der Waals surface area contributed by atoms with Gasteiger partial charge in [0.1, 0.15) is 6.04 Å². The molecule has 0 aliphatic heterocycles. The Morgan fingerprint density at radius 1 is 1.00 bits per heavy atom. The molecule has 0 heterocycles. The summed E-state index contributed by atoms with van der Waals surface area (Å²) < 4.78 is 4.54. The van der Waals surface area contributed by atoms with Gasteiger partial charge in [0.15, 0.2) is 0 Å². The van der Waals surface area contributed by atoms with Crippen molar-refractivity contribution in [1.82, 2.24) is 0 Å². The number of nitrogens with two attached hydrogens (primary N) is 1. The van der Waals surface area contributed by atoms with Gasteiger partial charge in [-0.2, -0.15) is 0 Å². The normalized spacial score (nSPS) is 10.9. The van der Waals surface area contributed by atoms with Crippen molar-refractivity contribution in [2.75, 3.05) is 6.61 Å². The second-order valence-corrected chi connectivity index (χ2v) is 4.27. The molecule has 0 amide bonds. The van der Waals surface area contributed by atoms with E-state index in [-0.39, 0.29) is 5.97 Å². The molecule has 2 aromatic rings. The molecule has 0 radical (unpaired) electrons. The molecule has 0 aliphatic carbocycles. The van der Waals surface area contributed by atoms with Gasteiger partial charge in [-0.05, 0) is 25.0 Å². The summed E-state index contributed by atoms with van der Waals surface area (Å²) in [4.78, 5) is 10.4. The van der Waals surface area contributed by atoms with Crippen molar-refractivity contribution in [3.63, 3.8) is 0 Å². The van der Waals surface area contributed by atoms with Gasteiger partial charge in [0.05, 0.1) is 6.61 Å². The minimum atomic E-state index is -0.491.